The molecule has 30 heavy (non-hydrogen) atoms. The second-order valence-electron chi connectivity index (χ2n) is 8.81. The molecule has 0 amide bonds. The van der Waals surface area contributed by atoms with Gasteiger partial charge in [-0.3, -0.25) is 9.69 Å². The first-order valence-corrected chi connectivity index (χ1v) is 11.5. The van der Waals surface area contributed by atoms with E-state index in [2.05, 4.69) is 59.3 Å². The zero-order chi connectivity index (χ0) is 20.9. The van der Waals surface area contributed by atoms with Gasteiger partial charge in [-0.1, -0.05) is 24.3 Å². The smallest absolute Gasteiger partial charge is 0.162 e. The van der Waals surface area contributed by atoms with E-state index in [9.17, 15) is 4.79 Å². The number of benzene rings is 2. The first-order valence-electron chi connectivity index (χ1n) is 11.5. The fourth-order valence-electron chi connectivity index (χ4n) is 4.75. The number of ketones is 1. The van der Waals surface area contributed by atoms with Gasteiger partial charge in [-0.25, -0.2) is 0 Å². The fourth-order valence-corrected chi connectivity index (χ4v) is 4.75. The molecule has 0 atom stereocenters. The Morgan fingerprint density at radius 1 is 0.967 bits per heavy atom. The Balaban J connectivity index is 1.24. The predicted molar refractivity (Wildman–Crippen MR) is 125 cm³/mol. The zero-order valence-corrected chi connectivity index (χ0v) is 18.5. The molecule has 4 heteroatoms. The van der Waals surface area contributed by atoms with E-state index in [1.165, 1.54) is 27.9 Å². The molecule has 0 bridgehead atoms. The van der Waals surface area contributed by atoms with Crippen LogP contribution in [0.15, 0.2) is 36.4 Å². The van der Waals surface area contributed by atoms with E-state index in [0.29, 0.717) is 12.2 Å². The molecule has 0 spiro atoms. The van der Waals surface area contributed by atoms with Crippen molar-refractivity contribution in [3.05, 3.63) is 64.2 Å². The van der Waals surface area contributed by atoms with Crippen molar-refractivity contribution in [1.29, 1.82) is 0 Å². The van der Waals surface area contributed by atoms with E-state index in [4.69, 9.17) is 0 Å². The molecule has 4 rings (SSSR count). The van der Waals surface area contributed by atoms with Gasteiger partial charge in [0.2, 0.25) is 0 Å². The van der Waals surface area contributed by atoms with Crippen LogP contribution in [0.5, 0.6) is 0 Å². The quantitative estimate of drug-likeness (QED) is 0.742. The van der Waals surface area contributed by atoms with Gasteiger partial charge < -0.3 is 10.2 Å². The SMILES string of the molecule is Cc1cccc(N2CCN(CCCC(=O)c3ccc4c(c3)CCNCC4)CC2)c1C. The van der Waals surface area contributed by atoms with E-state index in [-0.39, 0.29) is 0 Å². The number of carbonyl (C=O) groups is 1. The van der Waals surface area contributed by atoms with Crippen molar-refractivity contribution in [1.82, 2.24) is 10.2 Å². The molecule has 160 valence electrons. The number of fused-ring (bicyclic) bond motifs is 1. The van der Waals surface area contributed by atoms with Crippen molar-refractivity contribution in [2.24, 2.45) is 0 Å². The molecule has 4 nitrogen and oxygen atoms in total. The Labute approximate surface area is 181 Å². The third kappa shape index (κ3) is 4.93. The van der Waals surface area contributed by atoms with Crippen molar-refractivity contribution >= 4 is 11.5 Å². The summed E-state index contributed by atoms with van der Waals surface area (Å²) in [4.78, 5) is 17.7. The summed E-state index contributed by atoms with van der Waals surface area (Å²) in [6.45, 7) is 11.8. The molecule has 1 fully saturated rings. The van der Waals surface area contributed by atoms with E-state index in [0.717, 1.165) is 70.6 Å². The lowest BCUT2D eigenvalue weighted by atomic mass is 9.97. The lowest BCUT2D eigenvalue weighted by Crippen LogP contribution is -2.46. The van der Waals surface area contributed by atoms with Crippen molar-refractivity contribution in [3.8, 4) is 0 Å². The number of Topliss-reactive ketones (excluding diaryl/α,β-unsaturated/α-hetero) is 1. The minimum Gasteiger partial charge on any atom is -0.369 e. The van der Waals surface area contributed by atoms with Crippen LogP contribution in [0.1, 0.15) is 45.5 Å². The number of nitrogens with one attached hydrogen (secondary N) is 1. The largest absolute Gasteiger partial charge is 0.369 e. The average molecular weight is 406 g/mol. The lowest BCUT2D eigenvalue weighted by Gasteiger charge is -2.37. The summed E-state index contributed by atoms with van der Waals surface area (Å²) in [5, 5.41) is 3.44. The molecule has 0 aliphatic carbocycles. The van der Waals surface area contributed by atoms with Crippen molar-refractivity contribution in [3.63, 3.8) is 0 Å². The Hall–Kier alpha value is -2.17. The van der Waals surface area contributed by atoms with Crippen LogP contribution in [0, 0.1) is 13.8 Å². The summed E-state index contributed by atoms with van der Waals surface area (Å²) in [5.74, 6) is 0.295. The highest BCUT2D eigenvalue weighted by molar-refractivity contribution is 5.96. The molecular formula is C26H35N3O. The molecule has 2 aromatic carbocycles. The molecule has 2 heterocycles. The Kier molecular flexibility index (Phi) is 6.86. The molecule has 2 aromatic rings. The van der Waals surface area contributed by atoms with Gasteiger partial charge >= 0.3 is 0 Å². The summed E-state index contributed by atoms with van der Waals surface area (Å²) >= 11 is 0. The van der Waals surface area contributed by atoms with Crippen LogP contribution in [-0.4, -0.2) is 56.5 Å². The molecule has 2 aliphatic heterocycles. The summed E-state index contributed by atoms with van der Waals surface area (Å²) in [7, 11) is 0. The first-order chi connectivity index (χ1) is 14.6. The third-order valence-electron chi connectivity index (χ3n) is 6.84. The highest BCUT2D eigenvalue weighted by Gasteiger charge is 2.19. The molecule has 2 aliphatic rings. The molecule has 1 saturated heterocycles. The number of piperazine rings is 1. The van der Waals surface area contributed by atoms with Crippen molar-refractivity contribution in [2.75, 3.05) is 50.7 Å². The summed E-state index contributed by atoms with van der Waals surface area (Å²) < 4.78 is 0. The monoisotopic (exact) mass is 405 g/mol. The Bertz CT molecular complexity index is 884. The predicted octanol–water partition coefficient (Wildman–Crippen LogP) is 3.78. The first kappa shape index (κ1) is 21.1. The molecule has 1 N–H and O–H groups in total. The van der Waals surface area contributed by atoms with Crippen LogP contribution < -0.4 is 10.2 Å². The van der Waals surface area contributed by atoms with E-state index in [1.807, 2.05) is 6.07 Å². The number of nitrogens with zero attached hydrogens (tertiary/aromatic N) is 2. The Morgan fingerprint density at radius 3 is 2.53 bits per heavy atom. The average Bonchev–Trinajstić information content (AvgIpc) is 3.01. The number of aryl methyl sites for hydroxylation is 1. The maximum absolute atomic E-state index is 12.7. The number of carbonyl (C=O) groups excluding carboxylic acids is 1. The number of hydrogen-bond acceptors (Lipinski definition) is 4. The maximum Gasteiger partial charge on any atom is 0.162 e. The van der Waals surface area contributed by atoms with Gasteiger partial charge in [0.05, 0.1) is 0 Å². The second-order valence-corrected chi connectivity index (χ2v) is 8.81. The van der Waals surface area contributed by atoms with Crippen LogP contribution in [0.25, 0.3) is 0 Å². The van der Waals surface area contributed by atoms with Gasteiger partial charge in [-0.05, 0) is 87.1 Å². The van der Waals surface area contributed by atoms with Gasteiger partial charge in [-0.2, -0.15) is 0 Å². The maximum atomic E-state index is 12.7. The van der Waals surface area contributed by atoms with E-state index < -0.39 is 0 Å². The molecule has 0 saturated carbocycles. The topological polar surface area (TPSA) is 35.6 Å². The van der Waals surface area contributed by atoms with Gasteiger partial charge in [0.25, 0.3) is 0 Å². The highest BCUT2D eigenvalue weighted by Crippen LogP contribution is 2.24. The van der Waals surface area contributed by atoms with Gasteiger partial charge in [0, 0.05) is 43.9 Å². The normalized spacial score (nSPS) is 17.5. The van der Waals surface area contributed by atoms with Crippen LogP contribution in [0.4, 0.5) is 5.69 Å². The Morgan fingerprint density at radius 2 is 1.73 bits per heavy atom. The van der Waals surface area contributed by atoms with E-state index in [1.54, 1.807) is 0 Å². The molecule has 0 aromatic heterocycles. The summed E-state index contributed by atoms with van der Waals surface area (Å²) in [5.41, 5.74) is 7.79. The fraction of sp³-hybridized carbons (Fsp3) is 0.500. The second kappa shape index (κ2) is 9.76. The van der Waals surface area contributed by atoms with Crippen LogP contribution in [0.3, 0.4) is 0 Å². The number of hydrogen-bond donors (Lipinski definition) is 1. The summed E-state index contributed by atoms with van der Waals surface area (Å²) in [6.07, 6.45) is 3.69. The molecule has 0 unspecified atom stereocenters. The minimum atomic E-state index is 0.295. The van der Waals surface area contributed by atoms with Crippen LogP contribution in [-0.2, 0) is 12.8 Å². The van der Waals surface area contributed by atoms with Gasteiger partial charge in [0.1, 0.15) is 0 Å². The van der Waals surface area contributed by atoms with Gasteiger partial charge in [0.15, 0.2) is 5.78 Å². The number of rotatable bonds is 6. The van der Waals surface area contributed by atoms with E-state index >= 15 is 0 Å². The standard InChI is InChI=1S/C26H35N3O/c1-20-5-3-6-25(21(20)2)29-17-15-28(16-18-29)14-4-7-26(30)24-9-8-22-10-12-27-13-11-23(22)19-24/h3,5-6,8-9,19,27H,4,7,10-18H2,1-2H3. The number of anilines is 1. The minimum absolute atomic E-state index is 0.295. The molecule has 0 radical (unpaired) electrons. The molecular weight excluding hydrogens is 370 g/mol. The van der Waals surface area contributed by atoms with Gasteiger partial charge in [-0.15, -0.1) is 0 Å². The highest BCUT2D eigenvalue weighted by atomic mass is 16.1. The van der Waals surface area contributed by atoms with Crippen LogP contribution >= 0.6 is 0 Å². The van der Waals surface area contributed by atoms with Crippen molar-refractivity contribution < 1.29 is 4.79 Å². The van der Waals surface area contributed by atoms with Crippen LogP contribution in [0.2, 0.25) is 0 Å². The summed E-state index contributed by atoms with van der Waals surface area (Å²) in [6, 6.07) is 12.9. The lowest BCUT2D eigenvalue weighted by molar-refractivity contribution is 0.0974. The van der Waals surface area contributed by atoms with Crippen molar-refractivity contribution in [2.45, 2.75) is 39.5 Å². The third-order valence-corrected chi connectivity index (χ3v) is 6.84. The zero-order valence-electron chi connectivity index (χ0n) is 18.5.